The van der Waals surface area contributed by atoms with Crippen molar-refractivity contribution in [3.8, 4) is 5.88 Å². The molecule has 0 unspecified atom stereocenters. The van der Waals surface area contributed by atoms with E-state index >= 15 is 0 Å². The van der Waals surface area contributed by atoms with Gasteiger partial charge in [-0.2, -0.15) is 0 Å². The third-order valence-electron chi connectivity index (χ3n) is 2.62. The molecule has 2 aromatic heterocycles. The Bertz CT molecular complexity index is 609. The van der Waals surface area contributed by atoms with E-state index in [1.165, 1.54) is 23.9 Å². The Balaban J connectivity index is 2.11. The topological polar surface area (TPSA) is 81.9 Å². The quantitative estimate of drug-likeness (QED) is 0.844. The summed E-state index contributed by atoms with van der Waals surface area (Å²) >= 11 is 0. The molecule has 0 aliphatic heterocycles. The molecule has 0 fully saturated rings. The average molecular weight is 275 g/mol. The molecule has 0 aromatic carbocycles. The predicted octanol–water partition coefficient (Wildman–Crippen LogP) is 0.912. The van der Waals surface area contributed by atoms with Gasteiger partial charge in [0.1, 0.15) is 5.82 Å². The van der Waals surface area contributed by atoms with E-state index in [9.17, 15) is 4.79 Å². The van der Waals surface area contributed by atoms with Crippen LogP contribution < -0.4 is 15.6 Å². The molecule has 7 nitrogen and oxygen atoms in total. The lowest BCUT2D eigenvalue weighted by atomic mass is 10.4. The zero-order valence-corrected chi connectivity index (χ0v) is 11.5. The monoisotopic (exact) mass is 275 g/mol. The number of hydrogen-bond acceptors (Lipinski definition) is 6. The van der Waals surface area contributed by atoms with E-state index in [0.29, 0.717) is 11.6 Å². The normalized spacial score (nSPS) is 10.3. The maximum Gasteiger partial charge on any atom is 0.267 e. The van der Waals surface area contributed by atoms with Gasteiger partial charge in [-0.3, -0.25) is 9.78 Å². The maximum absolute atomic E-state index is 11.7. The Morgan fingerprint density at radius 1 is 1.30 bits per heavy atom. The number of rotatable bonds is 6. The van der Waals surface area contributed by atoms with E-state index in [4.69, 9.17) is 4.74 Å². The lowest BCUT2D eigenvalue weighted by Gasteiger charge is -2.07. The van der Waals surface area contributed by atoms with Crippen molar-refractivity contribution in [3.05, 3.63) is 40.6 Å². The van der Waals surface area contributed by atoms with Gasteiger partial charge in [-0.1, -0.05) is 6.92 Å². The molecule has 2 aromatic rings. The van der Waals surface area contributed by atoms with Crippen molar-refractivity contribution in [2.45, 2.75) is 19.9 Å². The highest BCUT2D eigenvalue weighted by Gasteiger charge is 2.03. The molecule has 0 atom stereocenters. The molecular formula is C13H17N5O2. The van der Waals surface area contributed by atoms with Crippen molar-refractivity contribution < 1.29 is 4.74 Å². The standard InChI is InChI=1S/C13H17N5O2/c1-3-6-14-11-8-15-10(7-16-11)9-18-13(19)5-4-12(17-18)20-2/h4-5,7-8H,3,6,9H2,1-2H3,(H,14,16). The summed E-state index contributed by atoms with van der Waals surface area (Å²) in [6, 6.07) is 2.94. The highest BCUT2D eigenvalue weighted by atomic mass is 16.5. The highest BCUT2D eigenvalue weighted by molar-refractivity contribution is 5.30. The number of nitrogens with zero attached hydrogens (tertiary/aromatic N) is 4. The minimum absolute atomic E-state index is 0.208. The third-order valence-corrected chi connectivity index (χ3v) is 2.62. The van der Waals surface area contributed by atoms with E-state index < -0.39 is 0 Å². The second kappa shape index (κ2) is 6.65. The first-order valence-corrected chi connectivity index (χ1v) is 6.40. The summed E-state index contributed by atoms with van der Waals surface area (Å²) in [6.07, 6.45) is 4.30. The van der Waals surface area contributed by atoms with Gasteiger partial charge in [0.25, 0.3) is 5.56 Å². The molecule has 0 amide bonds. The Kier molecular flexibility index (Phi) is 4.65. The molecule has 0 saturated carbocycles. The van der Waals surface area contributed by atoms with Gasteiger partial charge in [0.05, 0.1) is 31.7 Å². The average Bonchev–Trinajstić information content (AvgIpc) is 2.49. The molecule has 106 valence electrons. The van der Waals surface area contributed by atoms with Gasteiger partial charge < -0.3 is 10.1 Å². The van der Waals surface area contributed by atoms with Gasteiger partial charge in [-0.15, -0.1) is 5.10 Å². The lowest BCUT2D eigenvalue weighted by molar-refractivity contribution is 0.378. The van der Waals surface area contributed by atoms with Crippen LogP contribution in [-0.2, 0) is 6.54 Å². The summed E-state index contributed by atoms with van der Waals surface area (Å²) in [6.45, 7) is 3.19. The Morgan fingerprint density at radius 2 is 2.15 bits per heavy atom. The summed E-state index contributed by atoms with van der Waals surface area (Å²) in [4.78, 5) is 20.2. The first kappa shape index (κ1) is 14.0. The predicted molar refractivity (Wildman–Crippen MR) is 75.0 cm³/mol. The molecule has 1 N–H and O–H groups in total. The number of anilines is 1. The first-order valence-electron chi connectivity index (χ1n) is 6.40. The van der Waals surface area contributed by atoms with Crippen molar-refractivity contribution in [1.29, 1.82) is 0 Å². The van der Waals surface area contributed by atoms with E-state index in [1.807, 2.05) is 0 Å². The van der Waals surface area contributed by atoms with Gasteiger partial charge in [0, 0.05) is 18.7 Å². The fraction of sp³-hybridized carbons (Fsp3) is 0.385. The molecule has 0 aliphatic carbocycles. The van der Waals surface area contributed by atoms with Crippen LogP contribution in [0.15, 0.2) is 29.3 Å². The Morgan fingerprint density at radius 3 is 2.80 bits per heavy atom. The smallest absolute Gasteiger partial charge is 0.267 e. The van der Waals surface area contributed by atoms with Crippen LogP contribution in [0.3, 0.4) is 0 Å². The summed E-state index contributed by atoms with van der Waals surface area (Å²) in [5.74, 6) is 1.11. The van der Waals surface area contributed by atoms with Crippen LogP contribution in [0, 0.1) is 0 Å². The minimum Gasteiger partial charge on any atom is -0.480 e. The Hall–Kier alpha value is -2.44. The summed E-state index contributed by atoms with van der Waals surface area (Å²) in [5.41, 5.74) is 0.454. The molecular weight excluding hydrogens is 258 g/mol. The molecule has 0 saturated heterocycles. The minimum atomic E-state index is -0.208. The first-order chi connectivity index (χ1) is 9.72. The largest absolute Gasteiger partial charge is 0.480 e. The van der Waals surface area contributed by atoms with Crippen LogP contribution in [0.5, 0.6) is 5.88 Å². The van der Waals surface area contributed by atoms with E-state index in [0.717, 1.165) is 18.8 Å². The fourth-order valence-corrected chi connectivity index (χ4v) is 1.59. The molecule has 0 spiro atoms. The van der Waals surface area contributed by atoms with Gasteiger partial charge in [0.15, 0.2) is 0 Å². The zero-order chi connectivity index (χ0) is 14.4. The molecule has 20 heavy (non-hydrogen) atoms. The molecule has 7 heteroatoms. The van der Waals surface area contributed by atoms with Gasteiger partial charge in [-0.05, 0) is 6.42 Å². The maximum atomic E-state index is 11.7. The summed E-state index contributed by atoms with van der Waals surface area (Å²) < 4.78 is 6.29. The summed E-state index contributed by atoms with van der Waals surface area (Å²) in [5, 5.41) is 7.19. The molecule has 0 aliphatic rings. The van der Waals surface area contributed by atoms with Crippen LogP contribution in [0.4, 0.5) is 5.82 Å². The molecule has 2 rings (SSSR count). The van der Waals surface area contributed by atoms with Crippen molar-refractivity contribution >= 4 is 5.82 Å². The molecule has 2 heterocycles. The number of aromatic nitrogens is 4. The number of nitrogens with one attached hydrogen (secondary N) is 1. The van der Waals surface area contributed by atoms with Crippen molar-refractivity contribution in [2.24, 2.45) is 0 Å². The Labute approximate surface area is 116 Å². The van der Waals surface area contributed by atoms with Crippen LogP contribution in [0.1, 0.15) is 19.0 Å². The van der Waals surface area contributed by atoms with E-state index in [1.54, 1.807) is 12.4 Å². The third kappa shape index (κ3) is 3.53. The summed E-state index contributed by atoms with van der Waals surface area (Å²) in [7, 11) is 1.51. The molecule has 0 bridgehead atoms. The van der Waals surface area contributed by atoms with Gasteiger partial charge in [0.2, 0.25) is 5.88 Å². The van der Waals surface area contributed by atoms with E-state index in [2.05, 4.69) is 27.3 Å². The number of ether oxygens (including phenoxy) is 1. The fourth-order valence-electron chi connectivity index (χ4n) is 1.59. The number of methoxy groups -OCH3 is 1. The number of hydrogen-bond donors (Lipinski definition) is 1. The van der Waals surface area contributed by atoms with Gasteiger partial charge in [-0.25, -0.2) is 9.67 Å². The van der Waals surface area contributed by atoms with Crippen molar-refractivity contribution in [3.63, 3.8) is 0 Å². The second-order valence-corrected chi connectivity index (χ2v) is 4.19. The van der Waals surface area contributed by atoms with E-state index in [-0.39, 0.29) is 12.1 Å². The zero-order valence-electron chi connectivity index (χ0n) is 11.5. The SMILES string of the molecule is CCCNc1cnc(Cn2nc(OC)ccc2=O)cn1. The highest BCUT2D eigenvalue weighted by Crippen LogP contribution is 2.04. The lowest BCUT2D eigenvalue weighted by Crippen LogP contribution is -2.23. The van der Waals surface area contributed by atoms with Crippen LogP contribution in [-0.4, -0.2) is 33.4 Å². The molecule has 0 radical (unpaired) electrons. The van der Waals surface area contributed by atoms with Crippen molar-refractivity contribution in [2.75, 3.05) is 19.0 Å². The van der Waals surface area contributed by atoms with Crippen LogP contribution in [0.2, 0.25) is 0 Å². The van der Waals surface area contributed by atoms with Crippen LogP contribution in [0.25, 0.3) is 0 Å². The van der Waals surface area contributed by atoms with Crippen LogP contribution >= 0.6 is 0 Å². The van der Waals surface area contributed by atoms with Gasteiger partial charge >= 0.3 is 0 Å². The second-order valence-electron chi connectivity index (χ2n) is 4.19. The van der Waals surface area contributed by atoms with Crippen molar-refractivity contribution in [1.82, 2.24) is 19.7 Å².